The largest absolute Gasteiger partial charge is 0.434 e. The van der Waals surface area contributed by atoms with Gasteiger partial charge in [0.2, 0.25) is 0 Å². The van der Waals surface area contributed by atoms with Gasteiger partial charge in [-0.3, -0.25) is 14.8 Å². The molecule has 3 aromatic heterocycles. The predicted molar refractivity (Wildman–Crippen MR) is 119 cm³/mol. The van der Waals surface area contributed by atoms with Gasteiger partial charge >= 0.3 is 6.18 Å². The molecule has 1 aliphatic heterocycles. The third-order valence-electron chi connectivity index (χ3n) is 6.65. The first-order valence-electron chi connectivity index (χ1n) is 11.1. The van der Waals surface area contributed by atoms with Crippen molar-refractivity contribution in [2.75, 3.05) is 18.4 Å². The van der Waals surface area contributed by atoms with Crippen LogP contribution in [0.1, 0.15) is 40.9 Å². The van der Waals surface area contributed by atoms with E-state index in [0.717, 1.165) is 31.0 Å². The van der Waals surface area contributed by atoms with Gasteiger partial charge in [-0.25, -0.2) is 9.97 Å². The second-order valence-corrected chi connectivity index (χ2v) is 9.01. The number of halogens is 3. The van der Waals surface area contributed by atoms with Gasteiger partial charge in [0.15, 0.2) is 5.69 Å². The molecule has 3 aromatic rings. The van der Waals surface area contributed by atoms with Crippen molar-refractivity contribution in [3.63, 3.8) is 0 Å². The summed E-state index contributed by atoms with van der Waals surface area (Å²) in [5, 5.41) is 3.11. The van der Waals surface area contributed by atoms with Crippen LogP contribution in [-0.2, 0) is 6.18 Å². The first kappa shape index (κ1) is 22.2. The number of carbonyl (C=O) groups is 1. The standard InChI is InChI=1S/C24H23F3N6O/c1-15-8-17(21(31-10-15)18-4-2-3-7-28-18)22(34)33-13-16-5-6-23(33,9-16)14-32-20-12-29-19(11-30-20)24(25,26)27/h2-4,7-8,10-12,16H,5-6,9,13-14H2,1H3,(H,30,32). The van der Waals surface area contributed by atoms with Crippen LogP contribution in [0.15, 0.2) is 49.1 Å². The molecule has 34 heavy (non-hydrogen) atoms. The summed E-state index contributed by atoms with van der Waals surface area (Å²) in [5.74, 6) is 0.524. The minimum Gasteiger partial charge on any atom is -0.366 e. The van der Waals surface area contributed by atoms with E-state index in [1.54, 1.807) is 12.4 Å². The number of piperidine rings is 1. The Bertz CT molecular complexity index is 1200. The molecule has 2 atom stereocenters. The van der Waals surface area contributed by atoms with Gasteiger partial charge in [-0.1, -0.05) is 6.07 Å². The van der Waals surface area contributed by atoms with Crippen LogP contribution in [-0.4, -0.2) is 49.4 Å². The van der Waals surface area contributed by atoms with Crippen molar-refractivity contribution in [2.24, 2.45) is 5.92 Å². The molecular formula is C24H23F3N6O. The van der Waals surface area contributed by atoms with Crippen molar-refractivity contribution in [3.05, 3.63) is 65.9 Å². The molecule has 1 amide bonds. The van der Waals surface area contributed by atoms with Crippen LogP contribution in [0.4, 0.5) is 19.0 Å². The number of anilines is 1. The van der Waals surface area contributed by atoms with Gasteiger partial charge in [0.1, 0.15) is 11.5 Å². The highest BCUT2D eigenvalue weighted by atomic mass is 19.4. The number of carbonyl (C=O) groups excluding carboxylic acids is 1. The highest BCUT2D eigenvalue weighted by Crippen LogP contribution is 2.47. The molecule has 0 spiro atoms. The third-order valence-corrected chi connectivity index (χ3v) is 6.65. The highest BCUT2D eigenvalue weighted by Gasteiger charge is 2.52. The van der Waals surface area contributed by atoms with Crippen molar-refractivity contribution in [2.45, 2.75) is 37.9 Å². The van der Waals surface area contributed by atoms with Gasteiger partial charge < -0.3 is 10.2 Å². The summed E-state index contributed by atoms with van der Waals surface area (Å²) >= 11 is 0. The van der Waals surface area contributed by atoms with Crippen molar-refractivity contribution >= 4 is 11.7 Å². The molecule has 7 nitrogen and oxygen atoms in total. The SMILES string of the molecule is Cc1cnc(-c2ccccn2)c(C(=O)N2CC3CCC2(CNc2cnc(C(F)(F)F)cn2)C3)c1. The fraction of sp³-hybridized carbons (Fsp3) is 0.375. The Morgan fingerprint density at radius 1 is 1.18 bits per heavy atom. The fourth-order valence-corrected chi connectivity index (χ4v) is 5.03. The number of hydrogen-bond acceptors (Lipinski definition) is 6. The number of rotatable bonds is 5. The van der Waals surface area contributed by atoms with Crippen LogP contribution in [0.5, 0.6) is 0 Å². The second-order valence-electron chi connectivity index (χ2n) is 9.01. The number of hydrogen-bond donors (Lipinski definition) is 1. The Labute approximate surface area is 194 Å². The van der Waals surface area contributed by atoms with Gasteiger partial charge in [-0.15, -0.1) is 0 Å². The number of likely N-dealkylation sites (tertiary alicyclic amines) is 1. The van der Waals surface area contributed by atoms with E-state index in [-0.39, 0.29) is 11.7 Å². The molecule has 2 bridgehead atoms. The normalized spacial score (nSPS) is 21.6. The zero-order valence-electron chi connectivity index (χ0n) is 18.5. The van der Waals surface area contributed by atoms with E-state index in [1.807, 2.05) is 36.1 Å². The summed E-state index contributed by atoms with van der Waals surface area (Å²) in [5.41, 5.74) is 1.05. The Morgan fingerprint density at radius 2 is 2.03 bits per heavy atom. The lowest BCUT2D eigenvalue weighted by atomic mass is 9.95. The maximum atomic E-state index is 13.8. The van der Waals surface area contributed by atoms with Gasteiger partial charge in [0, 0.05) is 25.5 Å². The molecule has 0 radical (unpaired) electrons. The number of aromatic nitrogens is 4. The minimum absolute atomic E-state index is 0.112. The Morgan fingerprint density at radius 3 is 2.71 bits per heavy atom. The molecule has 10 heteroatoms. The summed E-state index contributed by atoms with van der Waals surface area (Å²) in [6.07, 6.45) is 3.29. The lowest BCUT2D eigenvalue weighted by Crippen LogP contribution is -2.52. The van der Waals surface area contributed by atoms with Crippen molar-refractivity contribution in [1.29, 1.82) is 0 Å². The summed E-state index contributed by atoms with van der Waals surface area (Å²) in [6.45, 7) is 2.91. The van der Waals surface area contributed by atoms with E-state index < -0.39 is 17.4 Å². The van der Waals surface area contributed by atoms with E-state index in [2.05, 4.69) is 25.3 Å². The highest BCUT2D eigenvalue weighted by molar-refractivity contribution is 6.00. The Kier molecular flexibility index (Phi) is 5.45. The Hall–Kier alpha value is -3.56. The van der Waals surface area contributed by atoms with Crippen LogP contribution in [0.3, 0.4) is 0 Å². The maximum Gasteiger partial charge on any atom is 0.434 e. The smallest absolute Gasteiger partial charge is 0.366 e. The van der Waals surface area contributed by atoms with Crippen molar-refractivity contribution in [1.82, 2.24) is 24.8 Å². The molecule has 2 unspecified atom stereocenters. The number of alkyl halides is 3. The van der Waals surface area contributed by atoms with Crippen LogP contribution < -0.4 is 5.32 Å². The zero-order valence-corrected chi connectivity index (χ0v) is 18.5. The summed E-state index contributed by atoms with van der Waals surface area (Å²) in [7, 11) is 0. The molecule has 1 saturated carbocycles. The van der Waals surface area contributed by atoms with Gasteiger partial charge in [0.05, 0.1) is 29.2 Å². The molecule has 5 rings (SSSR count). The molecule has 1 N–H and O–H groups in total. The molecule has 2 fully saturated rings. The van der Waals surface area contributed by atoms with E-state index in [9.17, 15) is 18.0 Å². The van der Waals surface area contributed by atoms with Crippen LogP contribution >= 0.6 is 0 Å². The van der Waals surface area contributed by atoms with E-state index >= 15 is 0 Å². The van der Waals surface area contributed by atoms with Gasteiger partial charge in [-0.05, 0) is 55.9 Å². The number of pyridine rings is 2. The van der Waals surface area contributed by atoms with E-state index in [1.165, 1.54) is 0 Å². The molecule has 0 aromatic carbocycles. The monoisotopic (exact) mass is 468 g/mol. The van der Waals surface area contributed by atoms with Crippen LogP contribution in [0, 0.1) is 12.8 Å². The fourth-order valence-electron chi connectivity index (χ4n) is 5.03. The minimum atomic E-state index is -4.54. The van der Waals surface area contributed by atoms with Crippen molar-refractivity contribution < 1.29 is 18.0 Å². The average molecular weight is 468 g/mol. The number of nitrogens with one attached hydrogen (secondary N) is 1. The molecule has 4 heterocycles. The third kappa shape index (κ3) is 4.08. The average Bonchev–Trinajstić information content (AvgIpc) is 3.41. The van der Waals surface area contributed by atoms with E-state index in [4.69, 9.17) is 0 Å². The van der Waals surface area contributed by atoms with Crippen molar-refractivity contribution in [3.8, 4) is 11.4 Å². The topological polar surface area (TPSA) is 83.9 Å². The summed E-state index contributed by atoms with van der Waals surface area (Å²) in [6, 6.07) is 7.33. The second kappa shape index (κ2) is 8.34. The first-order valence-corrected chi connectivity index (χ1v) is 11.1. The molecule has 1 aliphatic carbocycles. The lowest BCUT2D eigenvalue weighted by Gasteiger charge is -2.39. The van der Waals surface area contributed by atoms with Crippen LogP contribution in [0.2, 0.25) is 0 Å². The first-order chi connectivity index (χ1) is 16.2. The van der Waals surface area contributed by atoms with Gasteiger partial charge in [0.25, 0.3) is 5.91 Å². The maximum absolute atomic E-state index is 13.8. The number of amides is 1. The molecule has 1 saturated heterocycles. The summed E-state index contributed by atoms with van der Waals surface area (Å²) in [4.78, 5) is 31.9. The Balaban J connectivity index is 1.40. The quantitative estimate of drug-likeness (QED) is 0.599. The van der Waals surface area contributed by atoms with Gasteiger partial charge in [-0.2, -0.15) is 13.2 Å². The lowest BCUT2D eigenvalue weighted by molar-refractivity contribution is -0.141. The molecule has 2 aliphatic rings. The van der Waals surface area contributed by atoms with Crippen LogP contribution in [0.25, 0.3) is 11.4 Å². The summed E-state index contributed by atoms with van der Waals surface area (Å²) < 4.78 is 38.3. The zero-order chi connectivity index (χ0) is 23.9. The molecular weight excluding hydrogens is 445 g/mol. The number of fused-ring (bicyclic) bond motifs is 2. The molecule has 176 valence electrons. The number of aryl methyl sites for hydroxylation is 1. The van der Waals surface area contributed by atoms with E-state index in [0.29, 0.717) is 42.2 Å². The number of nitrogens with zero attached hydrogens (tertiary/aromatic N) is 5. The predicted octanol–water partition coefficient (Wildman–Crippen LogP) is 4.37.